The SMILES string of the molecule is C#CC[C@@H]1OC(C)(C)O[C@@H]1[C@H](C)/C=C\[C@@H](C)C(C)C. The maximum atomic E-state index is 6.00. The summed E-state index contributed by atoms with van der Waals surface area (Å²) in [5.41, 5.74) is 0. The molecule has 1 saturated heterocycles. The number of hydrogen-bond acceptors (Lipinski definition) is 2. The van der Waals surface area contributed by atoms with Crippen molar-refractivity contribution in [3.8, 4) is 12.3 Å². The Bertz CT molecular complexity index is 349. The molecule has 108 valence electrons. The van der Waals surface area contributed by atoms with Crippen molar-refractivity contribution in [1.82, 2.24) is 0 Å². The van der Waals surface area contributed by atoms with E-state index in [0.29, 0.717) is 24.2 Å². The molecule has 1 heterocycles. The van der Waals surface area contributed by atoms with Crippen molar-refractivity contribution >= 4 is 0 Å². The fraction of sp³-hybridized carbons (Fsp3) is 0.765. The molecule has 0 aromatic rings. The quantitative estimate of drug-likeness (QED) is 0.551. The Morgan fingerprint density at radius 1 is 1.16 bits per heavy atom. The van der Waals surface area contributed by atoms with E-state index in [1.807, 2.05) is 13.8 Å². The summed E-state index contributed by atoms with van der Waals surface area (Å²) in [6, 6.07) is 0. The summed E-state index contributed by atoms with van der Waals surface area (Å²) in [6.07, 6.45) is 10.6. The van der Waals surface area contributed by atoms with Gasteiger partial charge in [0.2, 0.25) is 0 Å². The van der Waals surface area contributed by atoms with E-state index < -0.39 is 5.79 Å². The minimum atomic E-state index is -0.530. The first-order chi connectivity index (χ1) is 8.76. The van der Waals surface area contributed by atoms with E-state index in [9.17, 15) is 0 Å². The lowest BCUT2D eigenvalue weighted by Gasteiger charge is -2.21. The molecule has 1 fully saturated rings. The van der Waals surface area contributed by atoms with E-state index >= 15 is 0 Å². The van der Waals surface area contributed by atoms with E-state index in [0.717, 1.165) is 0 Å². The highest BCUT2D eigenvalue weighted by Crippen LogP contribution is 2.34. The van der Waals surface area contributed by atoms with Gasteiger partial charge >= 0.3 is 0 Å². The number of allylic oxidation sites excluding steroid dienone is 1. The van der Waals surface area contributed by atoms with Gasteiger partial charge in [-0.3, -0.25) is 0 Å². The van der Waals surface area contributed by atoms with Crippen molar-refractivity contribution < 1.29 is 9.47 Å². The first-order valence-corrected chi connectivity index (χ1v) is 7.24. The molecule has 0 saturated carbocycles. The van der Waals surface area contributed by atoms with Crippen LogP contribution in [0.1, 0.15) is 48.0 Å². The van der Waals surface area contributed by atoms with Crippen LogP contribution in [0.2, 0.25) is 0 Å². The van der Waals surface area contributed by atoms with Crippen LogP contribution in [0.25, 0.3) is 0 Å². The van der Waals surface area contributed by atoms with E-state index in [2.05, 4.69) is 45.8 Å². The predicted octanol–water partition coefficient (Wildman–Crippen LogP) is 4.01. The average molecular weight is 264 g/mol. The van der Waals surface area contributed by atoms with Crippen LogP contribution in [0.5, 0.6) is 0 Å². The van der Waals surface area contributed by atoms with Gasteiger partial charge in [0.05, 0.1) is 12.2 Å². The molecule has 0 spiro atoms. The van der Waals surface area contributed by atoms with Gasteiger partial charge in [-0.1, -0.05) is 39.8 Å². The largest absolute Gasteiger partial charge is 0.344 e. The van der Waals surface area contributed by atoms with Crippen molar-refractivity contribution in [3.05, 3.63) is 12.2 Å². The molecule has 0 aliphatic carbocycles. The van der Waals surface area contributed by atoms with Gasteiger partial charge in [-0.15, -0.1) is 12.3 Å². The highest BCUT2D eigenvalue weighted by Gasteiger charge is 2.42. The van der Waals surface area contributed by atoms with Crippen LogP contribution in [0.4, 0.5) is 0 Å². The van der Waals surface area contributed by atoms with Crippen molar-refractivity contribution in [2.45, 2.75) is 66.0 Å². The van der Waals surface area contributed by atoms with Crippen LogP contribution in [-0.2, 0) is 9.47 Å². The summed E-state index contributed by atoms with van der Waals surface area (Å²) in [7, 11) is 0. The van der Waals surface area contributed by atoms with Gasteiger partial charge in [0.15, 0.2) is 5.79 Å². The molecule has 1 aliphatic rings. The molecule has 0 bridgehead atoms. The molecule has 0 unspecified atom stereocenters. The normalized spacial score (nSPS) is 29.6. The smallest absolute Gasteiger partial charge is 0.163 e. The van der Waals surface area contributed by atoms with E-state index in [4.69, 9.17) is 15.9 Å². The van der Waals surface area contributed by atoms with Gasteiger partial charge < -0.3 is 9.47 Å². The Balaban J connectivity index is 2.69. The van der Waals surface area contributed by atoms with Gasteiger partial charge in [-0.25, -0.2) is 0 Å². The second-order valence-electron chi connectivity index (χ2n) is 6.39. The van der Waals surface area contributed by atoms with Crippen LogP contribution in [0, 0.1) is 30.1 Å². The zero-order valence-corrected chi connectivity index (χ0v) is 13.1. The lowest BCUT2D eigenvalue weighted by atomic mass is 9.93. The number of ether oxygens (including phenoxy) is 2. The Morgan fingerprint density at radius 3 is 2.32 bits per heavy atom. The molecule has 1 aliphatic heterocycles. The molecular weight excluding hydrogens is 236 g/mol. The molecular formula is C17H28O2. The second-order valence-corrected chi connectivity index (χ2v) is 6.39. The number of hydrogen-bond donors (Lipinski definition) is 0. The van der Waals surface area contributed by atoms with E-state index in [-0.39, 0.29) is 12.2 Å². The summed E-state index contributed by atoms with van der Waals surface area (Å²) in [5.74, 6) is 3.69. The molecule has 2 heteroatoms. The zero-order chi connectivity index (χ0) is 14.6. The van der Waals surface area contributed by atoms with Crippen molar-refractivity contribution in [2.24, 2.45) is 17.8 Å². The third-order valence-electron chi connectivity index (χ3n) is 3.83. The second kappa shape index (κ2) is 6.59. The Morgan fingerprint density at radius 2 is 1.79 bits per heavy atom. The lowest BCUT2D eigenvalue weighted by molar-refractivity contribution is -0.148. The van der Waals surface area contributed by atoms with Crippen molar-refractivity contribution in [2.75, 3.05) is 0 Å². The standard InChI is InChI=1S/C17H28O2/c1-8-9-15-16(19-17(6,7)18-15)14(5)11-10-13(4)12(2)3/h1,10-16H,9H2,2-7H3/b11-10-/t13-,14-,15+,16-/m1/s1. The molecule has 0 N–H and O–H groups in total. The van der Waals surface area contributed by atoms with Gasteiger partial charge in [0, 0.05) is 12.3 Å². The molecule has 1 rings (SSSR count). The van der Waals surface area contributed by atoms with Crippen LogP contribution >= 0.6 is 0 Å². The Labute approximate surface area is 118 Å². The van der Waals surface area contributed by atoms with Crippen LogP contribution < -0.4 is 0 Å². The summed E-state index contributed by atoms with van der Waals surface area (Å²) in [4.78, 5) is 0. The predicted molar refractivity (Wildman–Crippen MR) is 79.6 cm³/mol. The minimum absolute atomic E-state index is 0.00555. The fourth-order valence-corrected chi connectivity index (χ4v) is 2.27. The van der Waals surface area contributed by atoms with Gasteiger partial charge in [-0.05, 0) is 25.7 Å². The highest BCUT2D eigenvalue weighted by molar-refractivity contribution is 5.01. The molecule has 0 aromatic heterocycles. The summed E-state index contributed by atoms with van der Waals surface area (Å²) in [5, 5.41) is 0. The zero-order valence-electron chi connectivity index (χ0n) is 13.1. The average Bonchev–Trinajstić information content (AvgIpc) is 2.61. The third kappa shape index (κ3) is 4.67. The molecule has 2 nitrogen and oxygen atoms in total. The minimum Gasteiger partial charge on any atom is -0.344 e. The highest BCUT2D eigenvalue weighted by atomic mass is 16.7. The van der Waals surface area contributed by atoms with E-state index in [1.165, 1.54) is 0 Å². The summed E-state index contributed by atoms with van der Waals surface area (Å²) < 4.78 is 11.9. The maximum Gasteiger partial charge on any atom is 0.163 e. The monoisotopic (exact) mass is 264 g/mol. The Kier molecular flexibility index (Phi) is 5.64. The van der Waals surface area contributed by atoms with Gasteiger partial charge in [-0.2, -0.15) is 0 Å². The number of terminal acetylenes is 1. The maximum absolute atomic E-state index is 6.00. The lowest BCUT2D eigenvalue weighted by Crippen LogP contribution is -2.28. The van der Waals surface area contributed by atoms with Gasteiger partial charge in [0.25, 0.3) is 0 Å². The van der Waals surface area contributed by atoms with E-state index in [1.54, 1.807) is 0 Å². The third-order valence-corrected chi connectivity index (χ3v) is 3.83. The first-order valence-electron chi connectivity index (χ1n) is 7.24. The van der Waals surface area contributed by atoms with Crippen LogP contribution in [0.3, 0.4) is 0 Å². The molecule has 0 aromatic carbocycles. The molecule has 19 heavy (non-hydrogen) atoms. The van der Waals surface area contributed by atoms with Crippen LogP contribution in [-0.4, -0.2) is 18.0 Å². The van der Waals surface area contributed by atoms with Gasteiger partial charge in [0.1, 0.15) is 0 Å². The Hall–Kier alpha value is -0.780. The topological polar surface area (TPSA) is 18.5 Å². The molecule has 0 amide bonds. The van der Waals surface area contributed by atoms with Crippen LogP contribution in [0.15, 0.2) is 12.2 Å². The van der Waals surface area contributed by atoms with Crippen molar-refractivity contribution in [1.29, 1.82) is 0 Å². The molecule has 0 radical (unpaired) electrons. The first kappa shape index (κ1) is 16.3. The number of rotatable bonds is 5. The fourth-order valence-electron chi connectivity index (χ4n) is 2.27. The molecule has 4 atom stereocenters. The summed E-state index contributed by atoms with van der Waals surface area (Å²) >= 11 is 0. The summed E-state index contributed by atoms with van der Waals surface area (Å²) in [6.45, 7) is 12.8. The van der Waals surface area contributed by atoms with Crippen molar-refractivity contribution in [3.63, 3.8) is 0 Å².